The third-order valence-electron chi connectivity index (χ3n) is 4.18. The van der Waals surface area contributed by atoms with Gasteiger partial charge in [0, 0.05) is 12.3 Å². The molecule has 1 amide bonds. The lowest BCUT2D eigenvalue weighted by molar-refractivity contribution is -0.139. The number of carboxylic acid groups (broad SMARTS) is 1. The van der Waals surface area contributed by atoms with E-state index < -0.39 is 34.3 Å². The number of halogens is 1. The molecule has 1 aromatic heterocycles. The number of aryl methyl sites for hydroxylation is 1. The summed E-state index contributed by atoms with van der Waals surface area (Å²) in [4.78, 5) is 26.8. The molecule has 0 saturated carbocycles. The molecule has 0 aliphatic rings. The first-order valence-corrected chi connectivity index (χ1v) is 10.6. The summed E-state index contributed by atoms with van der Waals surface area (Å²) in [6.45, 7) is 0.977. The highest BCUT2D eigenvalue weighted by molar-refractivity contribution is 7.92. The minimum absolute atomic E-state index is 0.0313. The Labute approximate surface area is 182 Å². The van der Waals surface area contributed by atoms with E-state index in [1.54, 1.807) is 19.1 Å². The number of nitrogens with zero attached hydrogens (tertiary/aromatic N) is 1. The van der Waals surface area contributed by atoms with Gasteiger partial charge in [0.25, 0.3) is 15.9 Å². The summed E-state index contributed by atoms with van der Waals surface area (Å²) >= 11 is 0. The normalized spacial score (nSPS) is 10.9. The minimum Gasteiger partial charge on any atom is -0.482 e. The second-order valence-electron chi connectivity index (χ2n) is 6.57. The number of pyridine rings is 1. The van der Waals surface area contributed by atoms with E-state index in [2.05, 4.69) is 15.0 Å². The molecule has 32 heavy (non-hydrogen) atoms. The van der Waals surface area contributed by atoms with Crippen molar-refractivity contribution in [3.05, 3.63) is 77.9 Å². The number of carbonyl (C=O) groups is 2. The first-order valence-electron chi connectivity index (χ1n) is 9.16. The molecule has 0 aliphatic heterocycles. The summed E-state index contributed by atoms with van der Waals surface area (Å²) in [6.07, 6.45) is 1.43. The lowest BCUT2D eigenvalue weighted by Crippen LogP contribution is -2.18. The molecule has 9 nitrogen and oxygen atoms in total. The molecule has 11 heteroatoms. The van der Waals surface area contributed by atoms with Crippen molar-refractivity contribution in [3.63, 3.8) is 0 Å². The van der Waals surface area contributed by atoms with Crippen molar-refractivity contribution in [2.75, 3.05) is 16.6 Å². The van der Waals surface area contributed by atoms with Crippen molar-refractivity contribution in [3.8, 4) is 5.75 Å². The summed E-state index contributed by atoms with van der Waals surface area (Å²) in [6, 6.07) is 11.8. The van der Waals surface area contributed by atoms with Crippen LogP contribution in [0.3, 0.4) is 0 Å². The van der Waals surface area contributed by atoms with E-state index in [1.165, 1.54) is 36.5 Å². The number of anilines is 2. The molecular formula is C21H18FN3O6S. The third kappa shape index (κ3) is 5.58. The van der Waals surface area contributed by atoms with Gasteiger partial charge in [-0.15, -0.1) is 0 Å². The van der Waals surface area contributed by atoms with E-state index in [9.17, 15) is 22.4 Å². The van der Waals surface area contributed by atoms with Crippen LogP contribution in [0.4, 0.5) is 15.8 Å². The molecule has 166 valence electrons. The van der Waals surface area contributed by atoms with Gasteiger partial charge in [0.2, 0.25) is 0 Å². The first-order chi connectivity index (χ1) is 15.2. The van der Waals surface area contributed by atoms with Crippen LogP contribution in [0.5, 0.6) is 5.75 Å². The smallest absolute Gasteiger partial charge is 0.341 e. The number of sulfonamides is 1. The van der Waals surface area contributed by atoms with Gasteiger partial charge < -0.3 is 15.2 Å². The van der Waals surface area contributed by atoms with Crippen LogP contribution in [0.25, 0.3) is 0 Å². The Kier molecular flexibility index (Phi) is 6.69. The maximum Gasteiger partial charge on any atom is 0.341 e. The quantitative estimate of drug-likeness (QED) is 0.471. The largest absolute Gasteiger partial charge is 0.482 e. The highest BCUT2D eigenvalue weighted by Gasteiger charge is 2.19. The average molecular weight is 459 g/mol. The number of rotatable bonds is 8. The molecule has 2 aromatic carbocycles. The highest BCUT2D eigenvalue weighted by atomic mass is 32.2. The van der Waals surface area contributed by atoms with Crippen molar-refractivity contribution < 1.29 is 32.2 Å². The van der Waals surface area contributed by atoms with Gasteiger partial charge in [0.1, 0.15) is 17.3 Å². The molecule has 0 saturated heterocycles. The molecule has 0 aliphatic carbocycles. The van der Waals surface area contributed by atoms with Gasteiger partial charge in [-0.2, -0.15) is 0 Å². The van der Waals surface area contributed by atoms with Gasteiger partial charge in [0.15, 0.2) is 6.61 Å². The summed E-state index contributed by atoms with van der Waals surface area (Å²) in [7, 11) is -4.18. The first kappa shape index (κ1) is 22.7. The van der Waals surface area contributed by atoms with Crippen LogP contribution in [-0.4, -0.2) is 37.0 Å². The fourth-order valence-electron chi connectivity index (χ4n) is 2.69. The Hall–Kier alpha value is -3.99. The number of benzene rings is 2. The van der Waals surface area contributed by atoms with Crippen LogP contribution in [-0.2, 0) is 14.8 Å². The van der Waals surface area contributed by atoms with Gasteiger partial charge in [-0.1, -0.05) is 6.07 Å². The van der Waals surface area contributed by atoms with E-state index in [0.717, 1.165) is 12.1 Å². The van der Waals surface area contributed by atoms with Gasteiger partial charge in [-0.05, 0) is 55.0 Å². The average Bonchev–Trinajstić information content (AvgIpc) is 2.75. The predicted molar refractivity (Wildman–Crippen MR) is 114 cm³/mol. The summed E-state index contributed by atoms with van der Waals surface area (Å²) in [5, 5.41) is 11.2. The number of aliphatic carboxylic acids is 1. The molecule has 3 aromatic rings. The van der Waals surface area contributed by atoms with Crippen molar-refractivity contribution >= 4 is 33.3 Å². The Balaban J connectivity index is 1.86. The van der Waals surface area contributed by atoms with E-state index in [1.807, 2.05) is 0 Å². The summed E-state index contributed by atoms with van der Waals surface area (Å²) in [5.41, 5.74) is 0.331. The van der Waals surface area contributed by atoms with Gasteiger partial charge in [-0.3, -0.25) is 14.5 Å². The summed E-state index contributed by atoms with van der Waals surface area (Å²) < 4.78 is 46.9. The molecule has 0 fully saturated rings. The standard InChI is InChI=1S/C21H18FN3O6S/c1-13-10-15(6-8-19(13)31-12-20(26)27)32(29,30)25-18-11-14(22)5-7-16(18)24-21(28)17-4-2-3-9-23-17/h2-11,25H,12H2,1H3,(H,24,28)(H,26,27). The molecule has 0 atom stereocenters. The molecule has 3 rings (SSSR count). The monoisotopic (exact) mass is 459 g/mol. The highest BCUT2D eigenvalue weighted by Crippen LogP contribution is 2.28. The molecule has 0 unspecified atom stereocenters. The zero-order valence-electron chi connectivity index (χ0n) is 16.7. The van der Waals surface area contributed by atoms with Crippen LogP contribution in [0.15, 0.2) is 65.7 Å². The van der Waals surface area contributed by atoms with E-state index in [-0.39, 0.29) is 27.7 Å². The number of ether oxygens (including phenoxy) is 1. The fraction of sp³-hybridized carbons (Fsp3) is 0.0952. The van der Waals surface area contributed by atoms with E-state index >= 15 is 0 Å². The Morgan fingerprint density at radius 2 is 1.88 bits per heavy atom. The van der Waals surface area contributed by atoms with Crippen LogP contribution < -0.4 is 14.8 Å². The van der Waals surface area contributed by atoms with Crippen molar-refractivity contribution in [2.45, 2.75) is 11.8 Å². The zero-order chi connectivity index (χ0) is 23.3. The van der Waals surface area contributed by atoms with Crippen LogP contribution in [0, 0.1) is 12.7 Å². The topological polar surface area (TPSA) is 135 Å². The Morgan fingerprint density at radius 3 is 2.53 bits per heavy atom. The molecular weight excluding hydrogens is 441 g/mol. The predicted octanol–water partition coefficient (Wildman–Crippen LogP) is 3.05. The van der Waals surface area contributed by atoms with Gasteiger partial charge in [0.05, 0.1) is 16.3 Å². The molecule has 0 bridgehead atoms. The number of aromatic nitrogens is 1. The summed E-state index contributed by atoms with van der Waals surface area (Å²) in [5.74, 6) is -2.28. The molecule has 3 N–H and O–H groups in total. The maximum atomic E-state index is 13.8. The number of nitrogens with one attached hydrogen (secondary N) is 2. The Morgan fingerprint density at radius 1 is 1.09 bits per heavy atom. The minimum atomic E-state index is -4.18. The SMILES string of the molecule is Cc1cc(S(=O)(=O)Nc2cc(F)ccc2NC(=O)c2ccccn2)ccc1OCC(=O)O. The van der Waals surface area contributed by atoms with Crippen molar-refractivity contribution in [1.29, 1.82) is 0 Å². The van der Waals surface area contributed by atoms with E-state index in [0.29, 0.717) is 5.56 Å². The number of amides is 1. The number of hydrogen-bond donors (Lipinski definition) is 3. The second kappa shape index (κ2) is 9.43. The molecule has 1 heterocycles. The second-order valence-corrected chi connectivity index (χ2v) is 8.26. The van der Waals surface area contributed by atoms with Crippen molar-refractivity contribution in [2.24, 2.45) is 0 Å². The molecule has 0 spiro atoms. The molecule has 0 radical (unpaired) electrons. The maximum absolute atomic E-state index is 13.8. The lowest BCUT2D eigenvalue weighted by atomic mass is 10.2. The number of carboxylic acids is 1. The zero-order valence-corrected chi connectivity index (χ0v) is 17.5. The van der Waals surface area contributed by atoms with E-state index in [4.69, 9.17) is 9.84 Å². The van der Waals surface area contributed by atoms with Gasteiger partial charge in [-0.25, -0.2) is 17.6 Å². The van der Waals surface area contributed by atoms with Crippen LogP contribution in [0.2, 0.25) is 0 Å². The van der Waals surface area contributed by atoms with Crippen LogP contribution in [0.1, 0.15) is 16.1 Å². The number of carbonyl (C=O) groups excluding carboxylic acids is 1. The van der Waals surface area contributed by atoms with Crippen molar-refractivity contribution in [1.82, 2.24) is 4.98 Å². The third-order valence-corrected chi connectivity index (χ3v) is 5.54. The van der Waals surface area contributed by atoms with Crippen LogP contribution >= 0.6 is 0 Å². The fourth-order valence-corrected chi connectivity index (χ4v) is 3.84. The van der Waals surface area contributed by atoms with Gasteiger partial charge >= 0.3 is 5.97 Å². The number of hydrogen-bond acceptors (Lipinski definition) is 6. The lowest BCUT2D eigenvalue weighted by Gasteiger charge is -2.15. The Bertz CT molecular complexity index is 1270.